The van der Waals surface area contributed by atoms with Crippen molar-refractivity contribution in [2.24, 2.45) is 0 Å². The van der Waals surface area contributed by atoms with Gasteiger partial charge in [-0.25, -0.2) is 0 Å². The molecule has 5 nitrogen and oxygen atoms in total. The minimum Gasteiger partial charge on any atom is -0.490 e. The van der Waals surface area contributed by atoms with Gasteiger partial charge in [0.25, 0.3) is 0 Å². The highest BCUT2D eigenvalue weighted by Gasteiger charge is 2.16. The Bertz CT molecular complexity index is 389. The van der Waals surface area contributed by atoms with Gasteiger partial charge in [-0.05, 0) is 17.7 Å². The van der Waals surface area contributed by atoms with E-state index < -0.39 is 11.0 Å². The van der Waals surface area contributed by atoms with Crippen LogP contribution < -0.4 is 4.74 Å². The van der Waals surface area contributed by atoms with E-state index in [0.717, 1.165) is 0 Å². The molecule has 0 bridgehead atoms. The van der Waals surface area contributed by atoms with Crippen LogP contribution in [-0.2, 0) is 0 Å². The Morgan fingerprint density at radius 1 is 1.67 bits per heavy atom. The molecule has 1 unspecified atom stereocenters. The second-order valence-corrected chi connectivity index (χ2v) is 2.87. The van der Waals surface area contributed by atoms with Crippen LogP contribution in [0.25, 0.3) is 0 Å². The number of nitro groups is 1. The van der Waals surface area contributed by atoms with E-state index in [2.05, 4.69) is 6.58 Å². The SMILES string of the molecule is C=CC(O)c1ccc([N+](=O)[O-])c(OC)c1. The zero-order valence-corrected chi connectivity index (χ0v) is 8.21. The molecule has 0 saturated carbocycles. The van der Waals surface area contributed by atoms with Crippen molar-refractivity contribution in [3.63, 3.8) is 0 Å². The summed E-state index contributed by atoms with van der Waals surface area (Å²) in [6.07, 6.45) is 0.486. The van der Waals surface area contributed by atoms with E-state index in [1.165, 1.54) is 31.4 Å². The van der Waals surface area contributed by atoms with E-state index in [1.54, 1.807) is 0 Å². The lowest BCUT2D eigenvalue weighted by Gasteiger charge is -2.07. The molecule has 1 rings (SSSR count). The van der Waals surface area contributed by atoms with Gasteiger partial charge in [0.05, 0.1) is 18.1 Å². The number of aliphatic hydroxyl groups excluding tert-OH is 1. The Labute approximate surface area is 86.8 Å². The number of aliphatic hydroxyl groups is 1. The summed E-state index contributed by atoms with van der Waals surface area (Å²) in [6, 6.07) is 4.18. The summed E-state index contributed by atoms with van der Waals surface area (Å²) in [6.45, 7) is 3.43. The minimum atomic E-state index is -0.847. The number of nitro benzene ring substituents is 1. The molecule has 80 valence electrons. The van der Waals surface area contributed by atoms with Crippen LogP contribution in [0.2, 0.25) is 0 Å². The number of methoxy groups -OCH3 is 1. The summed E-state index contributed by atoms with van der Waals surface area (Å²) in [5.41, 5.74) is 0.380. The number of nitrogens with zero attached hydrogens (tertiary/aromatic N) is 1. The molecule has 1 N–H and O–H groups in total. The Kier molecular flexibility index (Phi) is 3.41. The number of hydrogen-bond acceptors (Lipinski definition) is 4. The molecule has 1 aromatic carbocycles. The average molecular weight is 209 g/mol. The van der Waals surface area contributed by atoms with E-state index in [9.17, 15) is 15.2 Å². The highest BCUT2D eigenvalue weighted by molar-refractivity contribution is 5.49. The van der Waals surface area contributed by atoms with Crippen LogP contribution in [0.1, 0.15) is 11.7 Å². The summed E-state index contributed by atoms with van der Waals surface area (Å²) in [5, 5.41) is 20.0. The van der Waals surface area contributed by atoms with Crippen molar-refractivity contribution < 1.29 is 14.8 Å². The van der Waals surface area contributed by atoms with Gasteiger partial charge in [0.15, 0.2) is 5.75 Å². The molecule has 0 saturated heterocycles. The average Bonchev–Trinajstić information content (AvgIpc) is 2.26. The first kappa shape index (κ1) is 11.2. The topological polar surface area (TPSA) is 72.6 Å². The zero-order chi connectivity index (χ0) is 11.4. The molecular weight excluding hydrogens is 198 g/mol. The second-order valence-electron chi connectivity index (χ2n) is 2.87. The van der Waals surface area contributed by atoms with Crippen LogP contribution in [0.15, 0.2) is 30.9 Å². The molecule has 0 aromatic heterocycles. The molecule has 0 aliphatic heterocycles. The second kappa shape index (κ2) is 4.56. The molecule has 1 atom stereocenters. The lowest BCUT2D eigenvalue weighted by Crippen LogP contribution is -1.97. The summed E-state index contributed by atoms with van der Waals surface area (Å²) < 4.78 is 4.85. The molecule has 0 heterocycles. The van der Waals surface area contributed by atoms with Crippen LogP contribution in [-0.4, -0.2) is 17.1 Å². The van der Waals surface area contributed by atoms with Crippen molar-refractivity contribution >= 4 is 5.69 Å². The van der Waals surface area contributed by atoms with Gasteiger partial charge in [-0.2, -0.15) is 0 Å². The van der Waals surface area contributed by atoms with Crippen LogP contribution in [0.5, 0.6) is 5.75 Å². The van der Waals surface area contributed by atoms with Crippen LogP contribution in [0.3, 0.4) is 0 Å². The molecule has 0 aliphatic carbocycles. The summed E-state index contributed by atoms with van der Waals surface area (Å²) >= 11 is 0. The highest BCUT2D eigenvalue weighted by Crippen LogP contribution is 2.29. The van der Waals surface area contributed by atoms with E-state index in [4.69, 9.17) is 4.74 Å². The van der Waals surface area contributed by atoms with Crippen molar-refractivity contribution in [3.05, 3.63) is 46.5 Å². The largest absolute Gasteiger partial charge is 0.490 e. The standard InChI is InChI=1S/C10H11NO4/c1-3-9(12)7-4-5-8(11(13)14)10(6-7)15-2/h3-6,9,12H,1H2,2H3. The van der Waals surface area contributed by atoms with Gasteiger partial charge in [0.1, 0.15) is 0 Å². The maximum absolute atomic E-state index is 10.6. The fraction of sp³-hybridized carbons (Fsp3) is 0.200. The van der Waals surface area contributed by atoms with Crippen LogP contribution >= 0.6 is 0 Å². The van der Waals surface area contributed by atoms with E-state index >= 15 is 0 Å². The molecule has 0 aliphatic rings. The van der Waals surface area contributed by atoms with Gasteiger partial charge in [0, 0.05) is 6.07 Å². The van der Waals surface area contributed by atoms with Gasteiger partial charge in [0.2, 0.25) is 0 Å². The Balaban J connectivity index is 3.18. The fourth-order valence-corrected chi connectivity index (χ4v) is 1.17. The molecule has 0 spiro atoms. The number of benzene rings is 1. The summed E-state index contributed by atoms with van der Waals surface area (Å²) in [7, 11) is 1.34. The van der Waals surface area contributed by atoms with Crippen molar-refractivity contribution in [2.75, 3.05) is 7.11 Å². The third-order valence-corrected chi connectivity index (χ3v) is 1.97. The van der Waals surface area contributed by atoms with E-state index in [0.29, 0.717) is 5.56 Å². The maximum atomic E-state index is 10.6. The zero-order valence-electron chi connectivity index (χ0n) is 8.21. The molecule has 15 heavy (non-hydrogen) atoms. The number of hydrogen-bond donors (Lipinski definition) is 1. The third kappa shape index (κ3) is 2.32. The summed E-state index contributed by atoms with van der Waals surface area (Å²) in [4.78, 5) is 10.0. The molecule has 0 fully saturated rings. The number of rotatable bonds is 4. The van der Waals surface area contributed by atoms with Crippen molar-refractivity contribution in [2.45, 2.75) is 6.10 Å². The van der Waals surface area contributed by atoms with E-state index in [1.807, 2.05) is 0 Å². The number of ether oxygens (including phenoxy) is 1. The lowest BCUT2D eigenvalue weighted by molar-refractivity contribution is -0.385. The molecular formula is C10H11NO4. The van der Waals surface area contributed by atoms with Gasteiger partial charge >= 0.3 is 5.69 Å². The smallest absolute Gasteiger partial charge is 0.310 e. The molecule has 5 heteroatoms. The Hall–Kier alpha value is -1.88. The quantitative estimate of drug-likeness (QED) is 0.466. The van der Waals surface area contributed by atoms with Crippen LogP contribution in [0, 0.1) is 10.1 Å². The van der Waals surface area contributed by atoms with Gasteiger partial charge < -0.3 is 9.84 Å². The lowest BCUT2D eigenvalue weighted by atomic mass is 10.1. The van der Waals surface area contributed by atoms with Gasteiger partial charge in [-0.3, -0.25) is 10.1 Å². The normalized spacial score (nSPS) is 11.9. The molecule has 0 amide bonds. The highest BCUT2D eigenvalue weighted by atomic mass is 16.6. The first-order valence-electron chi connectivity index (χ1n) is 4.23. The van der Waals surface area contributed by atoms with Crippen LogP contribution in [0.4, 0.5) is 5.69 Å². The monoisotopic (exact) mass is 209 g/mol. The minimum absolute atomic E-state index is 0.124. The van der Waals surface area contributed by atoms with E-state index in [-0.39, 0.29) is 11.4 Å². The first-order valence-corrected chi connectivity index (χ1v) is 4.23. The molecule has 0 radical (unpaired) electrons. The van der Waals surface area contributed by atoms with Gasteiger partial charge in [-0.15, -0.1) is 6.58 Å². The maximum Gasteiger partial charge on any atom is 0.310 e. The fourth-order valence-electron chi connectivity index (χ4n) is 1.17. The Morgan fingerprint density at radius 3 is 2.80 bits per heavy atom. The first-order chi connectivity index (χ1) is 7.10. The predicted molar refractivity (Wildman–Crippen MR) is 54.8 cm³/mol. The Morgan fingerprint density at radius 2 is 2.33 bits per heavy atom. The van der Waals surface area contributed by atoms with Crippen molar-refractivity contribution in [1.82, 2.24) is 0 Å². The summed E-state index contributed by atoms with van der Waals surface area (Å²) in [5.74, 6) is 0.124. The van der Waals surface area contributed by atoms with Crippen molar-refractivity contribution in [1.29, 1.82) is 0 Å². The molecule has 1 aromatic rings. The van der Waals surface area contributed by atoms with Gasteiger partial charge in [-0.1, -0.05) is 6.08 Å². The van der Waals surface area contributed by atoms with Crippen molar-refractivity contribution in [3.8, 4) is 5.75 Å². The third-order valence-electron chi connectivity index (χ3n) is 1.97. The predicted octanol–water partition coefficient (Wildman–Crippen LogP) is 1.82.